The quantitative estimate of drug-likeness (QED) is 0.204. The molecule has 0 fully saturated rings. The van der Waals surface area contributed by atoms with Crippen molar-refractivity contribution < 1.29 is 19.2 Å². The number of ether oxygens (including phenoxy) is 2. The van der Waals surface area contributed by atoms with Crippen molar-refractivity contribution in [3.8, 4) is 17.6 Å². The number of amides is 1. The van der Waals surface area contributed by atoms with E-state index in [9.17, 15) is 20.2 Å². The predicted octanol–water partition coefficient (Wildman–Crippen LogP) is 4.15. The lowest BCUT2D eigenvalue weighted by Gasteiger charge is -2.12. The van der Waals surface area contributed by atoms with Crippen molar-refractivity contribution in [3.63, 3.8) is 0 Å². The van der Waals surface area contributed by atoms with E-state index in [0.717, 1.165) is 3.57 Å². The van der Waals surface area contributed by atoms with Crippen molar-refractivity contribution in [2.75, 3.05) is 19.0 Å². The van der Waals surface area contributed by atoms with Gasteiger partial charge in [0.25, 0.3) is 11.6 Å². The molecule has 2 aromatic carbocycles. The standard InChI is InChI=1S/C19H16IN3O5/c1-3-28-18-14(20)9-12(10-17(18)27-2)8-13(11-21)19(24)22-15-6-4-5-7-16(15)23(25)26/h4-10H,3H2,1-2H3,(H,22,24)/b13-8+. The van der Waals surface area contributed by atoms with Crippen LogP contribution in [0.25, 0.3) is 6.08 Å². The Labute approximate surface area is 175 Å². The number of nitrogens with zero attached hydrogens (tertiary/aromatic N) is 2. The fourth-order valence-electron chi connectivity index (χ4n) is 2.35. The van der Waals surface area contributed by atoms with E-state index in [4.69, 9.17) is 9.47 Å². The predicted molar refractivity (Wildman–Crippen MR) is 112 cm³/mol. The third kappa shape index (κ3) is 4.98. The topological polar surface area (TPSA) is 114 Å². The van der Waals surface area contributed by atoms with E-state index in [1.807, 2.05) is 13.0 Å². The van der Waals surface area contributed by atoms with Gasteiger partial charge in [0, 0.05) is 6.07 Å². The Balaban J connectivity index is 2.36. The number of carbonyl (C=O) groups excluding carboxylic acids is 1. The highest BCUT2D eigenvalue weighted by molar-refractivity contribution is 14.1. The van der Waals surface area contributed by atoms with Crippen molar-refractivity contribution in [1.82, 2.24) is 0 Å². The first-order valence-electron chi connectivity index (χ1n) is 8.08. The monoisotopic (exact) mass is 493 g/mol. The molecule has 0 saturated carbocycles. The Morgan fingerprint density at radius 3 is 2.71 bits per heavy atom. The van der Waals surface area contributed by atoms with Crippen LogP contribution in [0.1, 0.15) is 12.5 Å². The highest BCUT2D eigenvalue weighted by Crippen LogP contribution is 2.34. The normalized spacial score (nSPS) is 10.7. The van der Waals surface area contributed by atoms with Crippen molar-refractivity contribution in [2.24, 2.45) is 0 Å². The summed E-state index contributed by atoms with van der Waals surface area (Å²) in [7, 11) is 1.49. The summed E-state index contributed by atoms with van der Waals surface area (Å²) in [5, 5.41) is 22.9. The third-order valence-corrected chi connectivity index (χ3v) is 4.37. The Bertz CT molecular complexity index is 982. The second-order valence-electron chi connectivity index (χ2n) is 5.37. The number of rotatable bonds is 7. The van der Waals surface area contributed by atoms with E-state index in [-0.39, 0.29) is 16.9 Å². The van der Waals surface area contributed by atoms with E-state index < -0.39 is 10.8 Å². The first-order chi connectivity index (χ1) is 13.4. The van der Waals surface area contributed by atoms with Crippen LogP contribution in [-0.2, 0) is 4.79 Å². The number of methoxy groups -OCH3 is 1. The molecule has 0 aliphatic carbocycles. The summed E-state index contributed by atoms with van der Waals surface area (Å²) in [5.41, 5.74) is 0.0991. The first kappa shape index (κ1) is 21.2. The molecule has 1 amide bonds. The minimum atomic E-state index is -0.750. The first-order valence-corrected chi connectivity index (χ1v) is 9.16. The van der Waals surface area contributed by atoms with E-state index in [1.165, 1.54) is 31.4 Å². The molecule has 0 aliphatic rings. The molecule has 0 unspecified atom stereocenters. The highest BCUT2D eigenvalue weighted by atomic mass is 127. The minimum Gasteiger partial charge on any atom is -0.493 e. The van der Waals surface area contributed by atoms with Crippen LogP contribution >= 0.6 is 22.6 Å². The number of benzene rings is 2. The van der Waals surface area contributed by atoms with E-state index in [0.29, 0.717) is 23.7 Å². The number of nitro benzene ring substituents is 1. The van der Waals surface area contributed by atoms with Crippen LogP contribution in [0.2, 0.25) is 0 Å². The maximum atomic E-state index is 12.4. The van der Waals surface area contributed by atoms with Crippen LogP contribution in [0.4, 0.5) is 11.4 Å². The molecule has 28 heavy (non-hydrogen) atoms. The Morgan fingerprint density at radius 1 is 1.39 bits per heavy atom. The summed E-state index contributed by atoms with van der Waals surface area (Å²) >= 11 is 2.07. The van der Waals surface area contributed by atoms with Gasteiger partial charge in [-0.1, -0.05) is 12.1 Å². The third-order valence-electron chi connectivity index (χ3n) is 3.57. The number of nitrogens with one attached hydrogen (secondary N) is 1. The largest absolute Gasteiger partial charge is 0.493 e. The van der Waals surface area contributed by atoms with Crippen LogP contribution < -0.4 is 14.8 Å². The number of nitro groups is 1. The highest BCUT2D eigenvalue weighted by Gasteiger charge is 2.18. The fraction of sp³-hybridized carbons (Fsp3) is 0.158. The second kappa shape index (κ2) is 9.70. The van der Waals surface area contributed by atoms with Crippen molar-refractivity contribution in [1.29, 1.82) is 5.26 Å². The summed E-state index contributed by atoms with van der Waals surface area (Å²) in [5.74, 6) is 0.293. The Morgan fingerprint density at radius 2 is 2.11 bits per heavy atom. The number of hydrogen-bond acceptors (Lipinski definition) is 6. The van der Waals surface area contributed by atoms with Gasteiger partial charge < -0.3 is 14.8 Å². The van der Waals surface area contributed by atoms with Gasteiger partial charge in [0.05, 0.1) is 22.2 Å². The Hall–Kier alpha value is -3.13. The second-order valence-corrected chi connectivity index (χ2v) is 6.53. The van der Waals surface area contributed by atoms with Gasteiger partial charge >= 0.3 is 0 Å². The molecule has 144 valence electrons. The van der Waals surface area contributed by atoms with Crippen molar-refractivity contribution in [3.05, 3.63) is 61.2 Å². The molecule has 1 N–H and O–H groups in total. The number of carbonyl (C=O) groups is 1. The van der Waals surface area contributed by atoms with Gasteiger partial charge in [0.15, 0.2) is 11.5 Å². The summed E-state index contributed by atoms with van der Waals surface area (Å²) in [6.07, 6.45) is 1.38. The van der Waals surface area contributed by atoms with Gasteiger partial charge in [0.1, 0.15) is 17.3 Å². The molecule has 0 saturated heterocycles. The zero-order valence-corrected chi connectivity index (χ0v) is 17.2. The smallest absolute Gasteiger partial charge is 0.292 e. The summed E-state index contributed by atoms with van der Waals surface area (Å²) in [4.78, 5) is 22.9. The number of nitriles is 1. The SMILES string of the molecule is CCOc1c(I)cc(/C=C(\C#N)C(=O)Nc2ccccc2[N+](=O)[O-])cc1OC. The fourth-order valence-corrected chi connectivity index (χ4v) is 3.13. The average molecular weight is 493 g/mol. The molecule has 0 atom stereocenters. The number of anilines is 1. The molecule has 0 aliphatic heterocycles. The van der Waals surface area contributed by atoms with Crippen LogP contribution in [-0.4, -0.2) is 24.5 Å². The molecule has 0 bridgehead atoms. The molecular formula is C19H16IN3O5. The maximum absolute atomic E-state index is 12.4. The summed E-state index contributed by atoms with van der Waals surface area (Å²) in [6.45, 7) is 2.31. The van der Waals surface area contributed by atoms with Gasteiger partial charge in [-0.05, 0) is 59.4 Å². The molecule has 0 radical (unpaired) electrons. The molecule has 9 heteroatoms. The molecule has 0 heterocycles. The lowest BCUT2D eigenvalue weighted by atomic mass is 10.1. The molecular weight excluding hydrogens is 477 g/mol. The van der Waals surface area contributed by atoms with E-state index >= 15 is 0 Å². The maximum Gasteiger partial charge on any atom is 0.292 e. The van der Waals surface area contributed by atoms with Crippen molar-refractivity contribution in [2.45, 2.75) is 6.92 Å². The Kier molecular flexibility index (Phi) is 7.34. The number of para-hydroxylation sites is 2. The van der Waals surface area contributed by atoms with Crippen LogP contribution in [0.15, 0.2) is 42.0 Å². The average Bonchev–Trinajstić information content (AvgIpc) is 2.68. The molecule has 2 rings (SSSR count). The lowest BCUT2D eigenvalue weighted by Crippen LogP contribution is -2.14. The van der Waals surface area contributed by atoms with Gasteiger partial charge in [-0.3, -0.25) is 14.9 Å². The minimum absolute atomic E-state index is 0.0116. The van der Waals surface area contributed by atoms with Gasteiger partial charge in [-0.25, -0.2) is 0 Å². The van der Waals surface area contributed by atoms with E-state index in [1.54, 1.807) is 18.2 Å². The van der Waals surface area contributed by atoms with Gasteiger partial charge in [0.2, 0.25) is 0 Å². The molecule has 2 aromatic rings. The van der Waals surface area contributed by atoms with E-state index in [2.05, 4.69) is 27.9 Å². The summed E-state index contributed by atoms with van der Waals surface area (Å²) in [6, 6.07) is 10.9. The molecule has 8 nitrogen and oxygen atoms in total. The zero-order valence-electron chi connectivity index (χ0n) is 15.1. The number of hydrogen-bond donors (Lipinski definition) is 1. The van der Waals surface area contributed by atoms with Crippen LogP contribution in [0, 0.1) is 25.0 Å². The van der Waals surface area contributed by atoms with Gasteiger partial charge in [-0.15, -0.1) is 0 Å². The summed E-state index contributed by atoms with van der Waals surface area (Å²) < 4.78 is 11.6. The molecule has 0 aromatic heterocycles. The lowest BCUT2D eigenvalue weighted by molar-refractivity contribution is -0.383. The van der Waals surface area contributed by atoms with Crippen LogP contribution in [0.5, 0.6) is 11.5 Å². The van der Waals surface area contributed by atoms with Crippen molar-refractivity contribution >= 4 is 45.9 Å². The number of halogens is 1. The van der Waals surface area contributed by atoms with Crippen LogP contribution in [0.3, 0.4) is 0 Å². The zero-order chi connectivity index (χ0) is 20.7. The van der Waals surface area contributed by atoms with Gasteiger partial charge in [-0.2, -0.15) is 5.26 Å². The molecule has 0 spiro atoms.